The summed E-state index contributed by atoms with van der Waals surface area (Å²) in [6.45, 7) is 28.2. The van der Waals surface area contributed by atoms with Crippen molar-refractivity contribution in [2.45, 2.75) is 83.1 Å². The molecule has 0 rings (SSSR count). The summed E-state index contributed by atoms with van der Waals surface area (Å²) in [5.74, 6) is 0. The first-order valence-corrected chi connectivity index (χ1v) is 19.9. The molecular weight excluding hydrogens is 762 g/mol. The minimum Gasteiger partial charge on any atom is -1.00 e. The molecule has 0 aliphatic carbocycles. The van der Waals surface area contributed by atoms with E-state index in [0.717, 1.165) is 0 Å². The molecule has 0 nitrogen and oxygen atoms in total. The first-order chi connectivity index (χ1) is 12.7. The van der Waals surface area contributed by atoms with Gasteiger partial charge in [-0.3, -0.25) is 0 Å². The normalized spacial score (nSPS) is 10.8. The number of hydrogen-bond acceptors (Lipinski definition) is 0. The van der Waals surface area contributed by atoms with Crippen LogP contribution in [-0.4, -0.2) is 73.9 Å². The third-order valence-electron chi connectivity index (χ3n) is 8.05. The molecule has 0 aliphatic heterocycles. The van der Waals surface area contributed by atoms with Gasteiger partial charge in [0.05, 0.1) is 73.9 Å². The fourth-order valence-corrected chi connectivity index (χ4v) is 12.1. The molecule has 0 unspecified atom stereocenters. The van der Waals surface area contributed by atoms with Crippen LogP contribution in [-0.2, 0) is 0 Å². The standard InChI is InChI=1S/3C8H20P.3HI/c3*1-5-9(6-2,7-3)8-4;;;/h3*5-8H2,1-4H3;3*1H/q3*+1;;;/p-3. The van der Waals surface area contributed by atoms with Crippen molar-refractivity contribution >= 4 is 21.8 Å². The summed E-state index contributed by atoms with van der Waals surface area (Å²) in [5, 5.41) is 0. The highest BCUT2D eigenvalue weighted by Crippen LogP contribution is 2.58. The molecule has 0 amide bonds. The zero-order valence-electron chi connectivity index (χ0n) is 23.0. The van der Waals surface area contributed by atoms with Gasteiger partial charge in [-0.15, -0.1) is 0 Å². The van der Waals surface area contributed by atoms with Gasteiger partial charge in [-0.1, -0.05) is 0 Å². The molecule has 0 atom stereocenters. The number of rotatable bonds is 12. The Morgan fingerprint density at radius 1 is 0.233 bits per heavy atom. The van der Waals surface area contributed by atoms with Crippen LogP contribution in [0.4, 0.5) is 0 Å². The molecule has 0 spiro atoms. The van der Waals surface area contributed by atoms with E-state index >= 15 is 0 Å². The van der Waals surface area contributed by atoms with Crippen molar-refractivity contribution < 1.29 is 71.9 Å². The van der Waals surface area contributed by atoms with Crippen LogP contribution in [0.2, 0.25) is 0 Å². The molecule has 192 valence electrons. The van der Waals surface area contributed by atoms with E-state index < -0.39 is 21.8 Å². The van der Waals surface area contributed by atoms with E-state index in [1.54, 1.807) is 0 Å². The predicted octanol–water partition coefficient (Wildman–Crippen LogP) is 0.263. The topological polar surface area (TPSA) is 0 Å². The highest BCUT2D eigenvalue weighted by Gasteiger charge is 2.28. The Morgan fingerprint density at radius 3 is 0.300 bits per heavy atom. The van der Waals surface area contributed by atoms with E-state index in [0.29, 0.717) is 0 Å². The maximum absolute atomic E-state index is 2.35. The Hall–Kier alpha value is 3.48. The lowest BCUT2D eigenvalue weighted by Crippen LogP contribution is -3.00. The quantitative estimate of drug-likeness (QED) is 0.196. The molecule has 0 radical (unpaired) electrons. The van der Waals surface area contributed by atoms with Gasteiger partial charge in [-0.25, -0.2) is 0 Å². The van der Waals surface area contributed by atoms with E-state index in [9.17, 15) is 0 Å². The summed E-state index contributed by atoms with van der Waals surface area (Å²) in [6, 6.07) is 0. The van der Waals surface area contributed by atoms with Crippen molar-refractivity contribution in [2.75, 3.05) is 73.9 Å². The number of hydrogen-bond donors (Lipinski definition) is 0. The van der Waals surface area contributed by atoms with Gasteiger partial charge in [0.2, 0.25) is 0 Å². The molecule has 0 aliphatic rings. The van der Waals surface area contributed by atoms with Crippen molar-refractivity contribution in [3.8, 4) is 0 Å². The van der Waals surface area contributed by atoms with E-state index in [1.807, 2.05) is 0 Å². The van der Waals surface area contributed by atoms with Crippen molar-refractivity contribution in [1.82, 2.24) is 0 Å². The molecular formula is C24H60I3P3. The highest BCUT2D eigenvalue weighted by atomic mass is 127. The van der Waals surface area contributed by atoms with Gasteiger partial charge in [-0.05, 0) is 83.1 Å². The van der Waals surface area contributed by atoms with Crippen molar-refractivity contribution in [3.63, 3.8) is 0 Å². The molecule has 30 heavy (non-hydrogen) atoms. The molecule has 6 heteroatoms. The van der Waals surface area contributed by atoms with Crippen LogP contribution in [0.25, 0.3) is 0 Å². The van der Waals surface area contributed by atoms with Gasteiger partial charge in [0, 0.05) is 21.8 Å². The maximum Gasteiger partial charge on any atom is 0.0565 e. The SMILES string of the molecule is CC[P+](CC)(CC)CC.CC[P+](CC)(CC)CC.CC[P+](CC)(CC)CC.[I-].[I-].[I-]. The third-order valence-corrected chi connectivity index (χ3v) is 24.1. The zero-order valence-corrected chi connectivity index (χ0v) is 32.1. The van der Waals surface area contributed by atoms with Gasteiger partial charge >= 0.3 is 0 Å². The third kappa shape index (κ3) is 18.8. The van der Waals surface area contributed by atoms with Gasteiger partial charge < -0.3 is 71.9 Å². The van der Waals surface area contributed by atoms with Crippen LogP contribution in [0.1, 0.15) is 83.1 Å². The lowest BCUT2D eigenvalue weighted by atomic mass is 10.9. The van der Waals surface area contributed by atoms with E-state index in [4.69, 9.17) is 0 Å². The molecule has 0 saturated heterocycles. The first-order valence-electron chi connectivity index (χ1n) is 12.3. The minimum absolute atomic E-state index is 0. The second-order valence-electron chi connectivity index (χ2n) is 7.82. The Labute approximate surface area is 248 Å². The van der Waals surface area contributed by atoms with Gasteiger partial charge in [0.15, 0.2) is 0 Å². The molecule has 0 aromatic rings. The minimum atomic E-state index is -0.420. The summed E-state index contributed by atoms with van der Waals surface area (Å²) in [5.41, 5.74) is 0. The monoisotopic (exact) mass is 822 g/mol. The zero-order chi connectivity index (χ0) is 22.0. The van der Waals surface area contributed by atoms with Gasteiger partial charge in [0.25, 0.3) is 0 Å². The van der Waals surface area contributed by atoms with Crippen molar-refractivity contribution in [2.24, 2.45) is 0 Å². The summed E-state index contributed by atoms with van der Waals surface area (Å²) in [4.78, 5) is 0. The van der Waals surface area contributed by atoms with Crippen LogP contribution in [0.5, 0.6) is 0 Å². The molecule has 0 aromatic heterocycles. The maximum atomic E-state index is 2.35. The summed E-state index contributed by atoms with van der Waals surface area (Å²) >= 11 is 0. The van der Waals surface area contributed by atoms with Crippen molar-refractivity contribution in [3.05, 3.63) is 0 Å². The van der Waals surface area contributed by atoms with Crippen LogP contribution in [0, 0.1) is 0 Å². The Balaban J connectivity index is -0.0000000686. The summed E-state index contributed by atoms with van der Waals surface area (Å²) < 4.78 is 0. The Morgan fingerprint density at radius 2 is 0.300 bits per heavy atom. The van der Waals surface area contributed by atoms with E-state index in [1.165, 1.54) is 73.9 Å². The van der Waals surface area contributed by atoms with Crippen molar-refractivity contribution in [1.29, 1.82) is 0 Å². The summed E-state index contributed by atoms with van der Waals surface area (Å²) in [6.07, 6.45) is 17.5. The lowest BCUT2D eigenvalue weighted by molar-refractivity contribution is -0.001000. The smallest absolute Gasteiger partial charge is 0.0565 e. The van der Waals surface area contributed by atoms with Gasteiger partial charge in [0.1, 0.15) is 0 Å². The molecule has 0 bridgehead atoms. The van der Waals surface area contributed by atoms with Crippen LogP contribution in [0.15, 0.2) is 0 Å². The largest absolute Gasteiger partial charge is 1.00 e. The van der Waals surface area contributed by atoms with Gasteiger partial charge in [-0.2, -0.15) is 0 Å². The molecule has 0 N–H and O–H groups in total. The molecule has 0 fully saturated rings. The van der Waals surface area contributed by atoms with E-state index in [-0.39, 0.29) is 71.9 Å². The fourth-order valence-electron chi connectivity index (χ4n) is 4.02. The van der Waals surface area contributed by atoms with E-state index in [2.05, 4.69) is 83.1 Å². The number of halogens is 3. The average molecular weight is 822 g/mol. The van der Waals surface area contributed by atoms with Crippen LogP contribution < -0.4 is 71.9 Å². The molecule has 0 saturated carbocycles. The second kappa shape index (κ2) is 28.7. The Bertz CT molecular complexity index is 204. The predicted molar refractivity (Wildman–Crippen MR) is 147 cm³/mol. The first kappa shape index (κ1) is 46.8. The lowest BCUT2D eigenvalue weighted by Gasteiger charge is -2.20. The molecule has 0 heterocycles. The average Bonchev–Trinajstić information content (AvgIpc) is 2.75. The van der Waals surface area contributed by atoms with Crippen LogP contribution in [0.3, 0.4) is 0 Å². The highest BCUT2D eigenvalue weighted by molar-refractivity contribution is 7.76. The van der Waals surface area contributed by atoms with Crippen LogP contribution >= 0.6 is 21.8 Å². The summed E-state index contributed by atoms with van der Waals surface area (Å²) in [7, 11) is -1.26. The second-order valence-corrected chi connectivity index (χ2v) is 23.5. The Kier molecular flexibility index (Phi) is 44.8. The molecule has 0 aromatic carbocycles. The fraction of sp³-hybridized carbons (Fsp3) is 1.00.